The number of amides is 1. The van der Waals surface area contributed by atoms with Gasteiger partial charge >= 0.3 is 0 Å². The van der Waals surface area contributed by atoms with Crippen LogP contribution < -0.4 is 5.32 Å². The molecule has 0 fully saturated rings. The van der Waals surface area contributed by atoms with Gasteiger partial charge in [0.25, 0.3) is 5.91 Å². The Kier molecular flexibility index (Phi) is 5.30. The highest BCUT2D eigenvalue weighted by Crippen LogP contribution is 2.18. The SMILES string of the molecule is CC(CCO)CNC(=O)c1cn(-c2ccccc2Cl)nn1. The molecule has 112 valence electrons. The normalized spacial score (nSPS) is 12.1. The summed E-state index contributed by atoms with van der Waals surface area (Å²) in [6.07, 6.45) is 2.18. The number of benzene rings is 1. The highest BCUT2D eigenvalue weighted by Gasteiger charge is 2.13. The maximum atomic E-state index is 12.0. The second-order valence-electron chi connectivity index (χ2n) is 4.83. The quantitative estimate of drug-likeness (QED) is 0.850. The summed E-state index contributed by atoms with van der Waals surface area (Å²) in [7, 11) is 0. The van der Waals surface area contributed by atoms with Crippen molar-refractivity contribution in [2.24, 2.45) is 5.92 Å². The molecule has 0 saturated heterocycles. The fraction of sp³-hybridized carbons (Fsp3) is 0.357. The van der Waals surface area contributed by atoms with Gasteiger partial charge in [-0.25, -0.2) is 4.68 Å². The number of aliphatic hydroxyl groups is 1. The predicted octanol–water partition coefficient (Wildman–Crippen LogP) is 1.67. The van der Waals surface area contributed by atoms with E-state index in [0.717, 1.165) is 0 Å². The predicted molar refractivity (Wildman–Crippen MR) is 79.6 cm³/mol. The van der Waals surface area contributed by atoms with Gasteiger partial charge in [-0.3, -0.25) is 4.79 Å². The van der Waals surface area contributed by atoms with Crippen LogP contribution in [0.15, 0.2) is 30.5 Å². The maximum Gasteiger partial charge on any atom is 0.273 e. The van der Waals surface area contributed by atoms with Crippen LogP contribution in [0, 0.1) is 5.92 Å². The van der Waals surface area contributed by atoms with Crippen molar-refractivity contribution in [2.45, 2.75) is 13.3 Å². The fourth-order valence-electron chi connectivity index (χ4n) is 1.80. The van der Waals surface area contributed by atoms with E-state index in [1.54, 1.807) is 12.1 Å². The van der Waals surface area contributed by atoms with Crippen molar-refractivity contribution in [3.63, 3.8) is 0 Å². The Morgan fingerprint density at radius 3 is 2.95 bits per heavy atom. The summed E-state index contributed by atoms with van der Waals surface area (Å²) in [4.78, 5) is 12.0. The molecule has 0 aliphatic rings. The van der Waals surface area contributed by atoms with E-state index < -0.39 is 0 Å². The van der Waals surface area contributed by atoms with Gasteiger partial charge in [0.05, 0.1) is 16.9 Å². The van der Waals surface area contributed by atoms with Gasteiger partial charge in [-0.15, -0.1) is 5.10 Å². The zero-order chi connectivity index (χ0) is 15.2. The Bertz CT molecular complexity index is 615. The highest BCUT2D eigenvalue weighted by atomic mass is 35.5. The van der Waals surface area contributed by atoms with Gasteiger partial charge in [-0.2, -0.15) is 0 Å². The molecule has 7 heteroatoms. The van der Waals surface area contributed by atoms with Crippen molar-refractivity contribution in [3.05, 3.63) is 41.2 Å². The summed E-state index contributed by atoms with van der Waals surface area (Å²) in [6.45, 7) is 2.55. The summed E-state index contributed by atoms with van der Waals surface area (Å²) in [5.74, 6) is -0.0874. The number of rotatable bonds is 6. The molecule has 0 spiro atoms. The molecule has 1 heterocycles. The number of nitrogens with one attached hydrogen (secondary N) is 1. The molecule has 6 nitrogen and oxygen atoms in total. The van der Waals surface area contributed by atoms with E-state index in [9.17, 15) is 4.79 Å². The van der Waals surface area contributed by atoms with E-state index >= 15 is 0 Å². The van der Waals surface area contributed by atoms with E-state index in [1.165, 1.54) is 10.9 Å². The van der Waals surface area contributed by atoms with Crippen molar-refractivity contribution >= 4 is 17.5 Å². The van der Waals surface area contributed by atoms with Gasteiger partial charge < -0.3 is 10.4 Å². The molecule has 1 atom stereocenters. The lowest BCUT2D eigenvalue weighted by atomic mass is 10.1. The van der Waals surface area contributed by atoms with Crippen LogP contribution in [0.4, 0.5) is 0 Å². The van der Waals surface area contributed by atoms with Crippen LogP contribution in [0.3, 0.4) is 0 Å². The minimum absolute atomic E-state index is 0.111. The lowest BCUT2D eigenvalue weighted by molar-refractivity contribution is 0.0940. The van der Waals surface area contributed by atoms with Gasteiger partial charge in [-0.05, 0) is 24.5 Å². The second-order valence-corrected chi connectivity index (χ2v) is 5.23. The number of nitrogens with zero attached hydrogens (tertiary/aromatic N) is 3. The number of carbonyl (C=O) groups is 1. The van der Waals surface area contributed by atoms with Gasteiger partial charge in [-0.1, -0.05) is 35.9 Å². The van der Waals surface area contributed by atoms with Crippen LogP contribution in [0.5, 0.6) is 0 Å². The topological polar surface area (TPSA) is 80.0 Å². The molecule has 1 aromatic carbocycles. The average Bonchev–Trinajstić information content (AvgIpc) is 2.95. The number of para-hydroxylation sites is 1. The molecule has 1 aromatic heterocycles. The number of hydrogen-bond donors (Lipinski definition) is 2. The Balaban J connectivity index is 2.03. The number of aliphatic hydroxyl groups excluding tert-OH is 1. The van der Waals surface area contributed by atoms with Crippen LogP contribution in [0.1, 0.15) is 23.8 Å². The molecule has 2 N–H and O–H groups in total. The van der Waals surface area contributed by atoms with Crippen LogP contribution >= 0.6 is 11.6 Å². The van der Waals surface area contributed by atoms with Crippen molar-refractivity contribution in [2.75, 3.05) is 13.2 Å². The van der Waals surface area contributed by atoms with Gasteiger partial charge in [0.2, 0.25) is 0 Å². The summed E-state index contributed by atoms with van der Waals surface area (Å²) in [6, 6.07) is 7.19. The number of aromatic nitrogens is 3. The first-order valence-electron chi connectivity index (χ1n) is 6.68. The minimum atomic E-state index is -0.293. The standard InChI is InChI=1S/C14H17ClN4O2/c1-10(6-7-20)8-16-14(21)12-9-19(18-17-12)13-5-3-2-4-11(13)15/h2-5,9-10,20H,6-8H2,1H3,(H,16,21). The monoisotopic (exact) mass is 308 g/mol. The zero-order valence-corrected chi connectivity index (χ0v) is 12.4. The third kappa shape index (κ3) is 4.03. The molecular weight excluding hydrogens is 292 g/mol. The maximum absolute atomic E-state index is 12.0. The van der Waals surface area contributed by atoms with Gasteiger partial charge in [0.1, 0.15) is 0 Å². The number of halogens is 1. The van der Waals surface area contributed by atoms with Gasteiger partial charge in [0.15, 0.2) is 5.69 Å². The van der Waals surface area contributed by atoms with E-state index in [4.69, 9.17) is 16.7 Å². The van der Waals surface area contributed by atoms with Crippen molar-refractivity contribution in [3.8, 4) is 5.69 Å². The lowest BCUT2D eigenvalue weighted by Gasteiger charge is -2.09. The van der Waals surface area contributed by atoms with E-state index in [-0.39, 0.29) is 24.1 Å². The molecule has 0 radical (unpaired) electrons. The molecule has 21 heavy (non-hydrogen) atoms. The summed E-state index contributed by atoms with van der Waals surface area (Å²) < 4.78 is 1.47. The Morgan fingerprint density at radius 1 is 1.48 bits per heavy atom. The Morgan fingerprint density at radius 2 is 2.24 bits per heavy atom. The van der Waals surface area contributed by atoms with Crippen LogP contribution in [0.2, 0.25) is 5.02 Å². The molecule has 1 unspecified atom stereocenters. The Labute approximate surface area is 127 Å². The van der Waals surface area contributed by atoms with Crippen LogP contribution in [0.25, 0.3) is 5.69 Å². The molecular formula is C14H17ClN4O2. The molecule has 0 bridgehead atoms. The summed E-state index contributed by atoms with van der Waals surface area (Å²) >= 11 is 6.07. The smallest absolute Gasteiger partial charge is 0.273 e. The fourth-order valence-corrected chi connectivity index (χ4v) is 2.03. The first-order valence-corrected chi connectivity index (χ1v) is 7.06. The van der Waals surface area contributed by atoms with E-state index in [0.29, 0.717) is 23.7 Å². The number of hydrogen-bond acceptors (Lipinski definition) is 4. The average molecular weight is 309 g/mol. The van der Waals surface area contributed by atoms with E-state index in [2.05, 4.69) is 15.6 Å². The zero-order valence-electron chi connectivity index (χ0n) is 11.7. The van der Waals surface area contributed by atoms with Crippen molar-refractivity contribution < 1.29 is 9.90 Å². The first kappa shape index (κ1) is 15.5. The van der Waals surface area contributed by atoms with Crippen molar-refractivity contribution in [1.82, 2.24) is 20.3 Å². The molecule has 2 rings (SSSR count). The van der Waals surface area contributed by atoms with Crippen LogP contribution in [-0.2, 0) is 0 Å². The summed E-state index contributed by atoms with van der Waals surface area (Å²) in [5.41, 5.74) is 0.894. The first-order chi connectivity index (χ1) is 10.1. The van der Waals surface area contributed by atoms with Crippen LogP contribution in [-0.4, -0.2) is 39.2 Å². The summed E-state index contributed by atoms with van der Waals surface area (Å²) in [5, 5.41) is 19.9. The van der Waals surface area contributed by atoms with Gasteiger partial charge in [0, 0.05) is 13.2 Å². The Hall–Kier alpha value is -1.92. The molecule has 2 aromatic rings. The lowest BCUT2D eigenvalue weighted by Crippen LogP contribution is -2.28. The van der Waals surface area contributed by atoms with E-state index in [1.807, 2.05) is 19.1 Å². The third-order valence-electron chi connectivity index (χ3n) is 3.06. The second kappa shape index (κ2) is 7.19. The number of carbonyl (C=O) groups excluding carboxylic acids is 1. The minimum Gasteiger partial charge on any atom is -0.396 e. The molecule has 1 amide bonds. The highest BCUT2D eigenvalue weighted by molar-refractivity contribution is 6.32. The molecule has 0 aliphatic heterocycles. The molecule has 0 saturated carbocycles. The largest absolute Gasteiger partial charge is 0.396 e. The third-order valence-corrected chi connectivity index (χ3v) is 3.38. The van der Waals surface area contributed by atoms with Crippen molar-refractivity contribution in [1.29, 1.82) is 0 Å². The molecule has 0 aliphatic carbocycles.